The van der Waals surface area contributed by atoms with E-state index >= 15 is 0 Å². The summed E-state index contributed by atoms with van der Waals surface area (Å²) in [4.78, 5) is 24.6. The Hall–Kier alpha value is -7.28. The molecule has 0 spiro atoms. The van der Waals surface area contributed by atoms with Crippen LogP contribution in [0.1, 0.15) is 81.3 Å². The van der Waals surface area contributed by atoms with Gasteiger partial charge in [-0.25, -0.2) is 9.59 Å². The van der Waals surface area contributed by atoms with Crippen LogP contribution in [0.25, 0.3) is 0 Å². The number of aryl methyl sites for hydroxylation is 2. The van der Waals surface area contributed by atoms with Crippen LogP contribution in [0.4, 0.5) is 0 Å². The van der Waals surface area contributed by atoms with Crippen molar-refractivity contribution in [3.63, 3.8) is 0 Å². The van der Waals surface area contributed by atoms with Crippen LogP contribution in [0.3, 0.4) is 0 Å². The lowest BCUT2D eigenvalue weighted by molar-refractivity contribution is -0.138. The molecule has 0 aliphatic rings. The fourth-order valence-corrected chi connectivity index (χ4v) is 8.25. The first kappa shape index (κ1) is 50.1. The van der Waals surface area contributed by atoms with Gasteiger partial charge in [-0.1, -0.05) is 72.9 Å². The maximum atomic E-state index is 11.1. The summed E-state index contributed by atoms with van der Waals surface area (Å²) < 4.78 is 22.4. The van der Waals surface area contributed by atoms with Crippen LogP contribution in [0.15, 0.2) is 169 Å². The van der Waals surface area contributed by atoms with E-state index in [1.165, 1.54) is 21.9 Å². The van der Waals surface area contributed by atoms with Gasteiger partial charge in [0.1, 0.15) is 24.7 Å². The lowest BCUT2D eigenvalue weighted by Crippen LogP contribution is -2.01. The summed E-state index contributed by atoms with van der Waals surface area (Å²) in [5, 5.41) is 0. The summed E-state index contributed by atoms with van der Waals surface area (Å²) in [6, 6.07) is 44.9. The first-order valence-electron chi connectivity index (χ1n) is 22.5. The van der Waals surface area contributed by atoms with Crippen molar-refractivity contribution in [3.8, 4) is 47.0 Å². The van der Waals surface area contributed by atoms with Crippen LogP contribution in [0.5, 0.6) is 11.5 Å². The first-order chi connectivity index (χ1) is 33.2. The zero-order chi connectivity index (χ0) is 47.8. The van der Waals surface area contributed by atoms with Crippen LogP contribution < -0.4 is 9.47 Å². The maximum Gasteiger partial charge on any atom is 0.330 e. The van der Waals surface area contributed by atoms with E-state index < -0.39 is 0 Å². The number of esters is 2. The standard InChI is InChI=1S/C60H54O6S2/c1-5-59(61)63-37-7-9-39-67-55-31-25-49(26-32-55)13-19-51-29-35-57(45(3)41-51)65-43-53-21-15-47(16-22-53)11-12-48-17-23-54(24-18-48)44-66-58-36-30-52(42-46(58)4)20-14-50-27-33-56(34-28-50)68-40-10-8-38-64-60(62)6-2/h5-6,15-18,21-36,41-42H,1-2,7-10,37-40,43-44H2,3-4H3. The monoisotopic (exact) mass is 934 g/mol. The number of carbonyl (C=O) groups is 2. The number of rotatable bonds is 20. The minimum atomic E-state index is -0.372. The van der Waals surface area contributed by atoms with Crippen LogP contribution in [-0.2, 0) is 32.3 Å². The van der Waals surface area contributed by atoms with Crippen molar-refractivity contribution in [1.29, 1.82) is 0 Å². The predicted octanol–water partition coefficient (Wildman–Crippen LogP) is 12.9. The number of ether oxygens (including phenoxy) is 4. The summed E-state index contributed by atoms with van der Waals surface area (Å²) in [5.74, 6) is 22.5. The predicted molar refractivity (Wildman–Crippen MR) is 277 cm³/mol. The Morgan fingerprint density at radius 2 is 0.779 bits per heavy atom. The number of carbonyl (C=O) groups excluding carboxylic acids is 2. The van der Waals surface area contributed by atoms with E-state index in [1.54, 1.807) is 23.5 Å². The molecule has 0 aliphatic heterocycles. The minimum absolute atomic E-state index is 0.372. The molecular weight excluding hydrogens is 881 g/mol. The molecular formula is C60H54O6S2. The number of hydrogen-bond donors (Lipinski definition) is 0. The normalized spacial score (nSPS) is 10.2. The van der Waals surface area contributed by atoms with E-state index in [9.17, 15) is 9.59 Å². The number of hydrogen-bond acceptors (Lipinski definition) is 8. The molecule has 0 bridgehead atoms. The highest BCUT2D eigenvalue weighted by Gasteiger charge is 2.05. The quantitative estimate of drug-likeness (QED) is 0.0246. The molecule has 0 radical (unpaired) electrons. The van der Waals surface area contributed by atoms with E-state index in [4.69, 9.17) is 18.9 Å². The van der Waals surface area contributed by atoms with Crippen molar-refractivity contribution in [2.45, 2.75) is 62.5 Å². The number of benzene rings is 6. The molecule has 0 aliphatic carbocycles. The second kappa shape index (κ2) is 27.4. The topological polar surface area (TPSA) is 71.1 Å². The summed E-state index contributed by atoms with van der Waals surface area (Å²) in [7, 11) is 0. The minimum Gasteiger partial charge on any atom is -0.489 e. The van der Waals surface area contributed by atoms with Crippen LogP contribution in [0, 0.1) is 49.4 Å². The van der Waals surface area contributed by atoms with E-state index in [-0.39, 0.29) is 11.9 Å². The van der Waals surface area contributed by atoms with Gasteiger partial charge in [-0.15, -0.1) is 23.5 Å². The summed E-state index contributed by atoms with van der Waals surface area (Å²) in [5.41, 5.74) is 9.82. The maximum absolute atomic E-state index is 11.1. The Morgan fingerprint density at radius 3 is 1.12 bits per heavy atom. The molecule has 6 rings (SSSR count). The Labute approximate surface area is 410 Å². The molecule has 6 aromatic rings. The number of unbranched alkanes of at least 4 members (excludes halogenated alkanes) is 2. The molecule has 0 atom stereocenters. The SMILES string of the molecule is C=CC(=O)OCCCCSc1ccc(C#Cc2ccc(OCc3ccc(C#Cc4ccc(COc5ccc(C#Cc6ccc(SCCCCOC(=O)C=C)cc6)cc5C)cc4)cc3)c(C)c2)cc1. The van der Waals surface area contributed by atoms with Gasteiger partial charge in [0, 0.05) is 55.3 Å². The molecule has 8 heteroatoms. The van der Waals surface area contributed by atoms with Gasteiger partial charge in [0.2, 0.25) is 0 Å². The largest absolute Gasteiger partial charge is 0.489 e. The van der Waals surface area contributed by atoms with Crippen molar-refractivity contribution in [1.82, 2.24) is 0 Å². The molecule has 342 valence electrons. The average Bonchev–Trinajstić information content (AvgIpc) is 3.37. The Bertz CT molecular complexity index is 2640. The Kier molecular flexibility index (Phi) is 20.2. The molecule has 68 heavy (non-hydrogen) atoms. The molecule has 0 unspecified atom stereocenters. The highest BCUT2D eigenvalue weighted by molar-refractivity contribution is 7.99. The first-order valence-corrected chi connectivity index (χ1v) is 24.4. The van der Waals surface area contributed by atoms with Crippen molar-refractivity contribution < 1.29 is 28.5 Å². The van der Waals surface area contributed by atoms with E-state index in [2.05, 4.69) is 85.1 Å². The molecule has 0 aromatic heterocycles. The third kappa shape index (κ3) is 17.5. The smallest absolute Gasteiger partial charge is 0.330 e. The second-order valence-corrected chi connectivity index (χ2v) is 17.9. The Morgan fingerprint density at radius 1 is 0.456 bits per heavy atom. The van der Waals surface area contributed by atoms with Gasteiger partial charge in [0.05, 0.1) is 13.2 Å². The zero-order valence-corrected chi connectivity index (χ0v) is 40.2. The van der Waals surface area contributed by atoms with E-state index in [1.807, 2.05) is 111 Å². The molecule has 0 saturated carbocycles. The average molecular weight is 935 g/mol. The highest BCUT2D eigenvalue weighted by Crippen LogP contribution is 2.24. The summed E-state index contributed by atoms with van der Waals surface area (Å²) >= 11 is 3.56. The second-order valence-electron chi connectivity index (χ2n) is 15.6. The fourth-order valence-electron chi connectivity index (χ4n) is 6.42. The van der Waals surface area contributed by atoms with Gasteiger partial charge < -0.3 is 18.9 Å². The number of thioether (sulfide) groups is 2. The van der Waals surface area contributed by atoms with Gasteiger partial charge in [0.25, 0.3) is 0 Å². The van der Waals surface area contributed by atoms with Gasteiger partial charge in [-0.3, -0.25) is 0 Å². The van der Waals surface area contributed by atoms with E-state index in [0.717, 1.165) is 104 Å². The van der Waals surface area contributed by atoms with Crippen LogP contribution in [0.2, 0.25) is 0 Å². The van der Waals surface area contributed by atoms with Crippen molar-refractivity contribution >= 4 is 35.5 Å². The van der Waals surface area contributed by atoms with Crippen LogP contribution >= 0.6 is 23.5 Å². The zero-order valence-electron chi connectivity index (χ0n) is 38.6. The molecule has 0 saturated heterocycles. The third-order valence-corrected chi connectivity index (χ3v) is 12.4. The van der Waals surface area contributed by atoms with E-state index in [0.29, 0.717) is 26.4 Å². The lowest BCUT2D eigenvalue weighted by Gasteiger charge is -2.10. The summed E-state index contributed by atoms with van der Waals surface area (Å²) in [6.07, 6.45) is 5.97. The third-order valence-electron chi connectivity index (χ3n) is 10.2. The molecule has 0 fully saturated rings. The van der Waals surface area contributed by atoms with Crippen molar-refractivity contribution in [3.05, 3.63) is 214 Å². The van der Waals surface area contributed by atoms with Gasteiger partial charge in [-0.2, -0.15) is 0 Å². The van der Waals surface area contributed by atoms with Crippen molar-refractivity contribution in [2.75, 3.05) is 24.7 Å². The van der Waals surface area contributed by atoms with Gasteiger partial charge >= 0.3 is 11.9 Å². The fraction of sp³-hybridized carbons (Fsp3) is 0.200. The van der Waals surface area contributed by atoms with Gasteiger partial charge in [-0.05, 0) is 182 Å². The molecule has 0 heterocycles. The molecule has 6 nitrogen and oxygen atoms in total. The molecule has 6 aromatic carbocycles. The highest BCUT2D eigenvalue weighted by atomic mass is 32.2. The lowest BCUT2D eigenvalue weighted by atomic mass is 10.1. The van der Waals surface area contributed by atoms with Crippen LogP contribution in [-0.4, -0.2) is 36.7 Å². The summed E-state index contributed by atoms with van der Waals surface area (Å²) in [6.45, 7) is 12.6. The van der Waals surface area contributed by atoms with Gasteiger partial charge in [0.15, 0.2) is 0 Å². The van der Waals surface area contributed by atoms with Crippen molar-refractivity contribution in [2.24, 2.45) is 0 Å². The molecule has 0 N–H and O–H groups in total. The Balaban J connectivity index is 0.893. The molecule has 0 amide bonds.